The van der Waals surface area contributed by atoms with Crippen LogP contribution in [-0.2, 0) is 9.53 Å². The van der Waals surface area contributed by atoms with Crippen LogP contribution in [0.1, 0.15) is 39.5 Å². The Kier molecular flexibility index (Phi) is 4.86. The predicted octanol–water partition coefficient (Wildman–Crippen LogP) is 1.45. The molecule has 0 aromatic rings. The van der Waals surface area contributed by atoms with Crippen LogP contribution in [0.2, 0.25) is 0 Å². The van der Waals surface area contributed by atoms with Gasteiger partial charge in [-0.05, 0) is 39.5 Å². The molecular weight excluding hydrogens is 260 g/mol. The molecule has 2 rings (SSSR count). The quantitative estimate of drug-likeness (QED) is 0.819. The van der Waals surface area contributed by atoms with Crippen molar-refractivity contribution >= 4 is 12.0 Å². The van der Waals surface area contributed by atoms with E-state index in [4.69, 9.17) is 9.84 Å². The Bertz CT molecular complexity index is 358. The van der Waals surface area contributed by atoms with Crippen molar-refractivity contribution in [1.29, 1.82) is 0 Å². The van der Waals surface area contributed by atoms with Crippen molar-refractivity contribution in [1.82, 2.24) is 10.2 Å². The number of carboxylic acids is 1. The molecule has 0 radical (unpaired) electrons. The van der Waals surface area contributed by atoms with Crippen LogP contribution in [0, 0.1) is 5.92 Å². The molecule has 0 unspecified atom stereocenters. The number of hydrogen-bond acceptors (Lipinski definition) is 3. The number of amides is 2. The van der Waals surface area contributed by atoms with Gasteiger partial charge in [0.15, 0.2) is 0 Å². The van der Waals surface area contributed by atoms with E-state index >= 15 is 0 Å². The van der Waals surface area contributed by atoms with Gasteiger partial charge in [-0.1, -0.05) is 0 Å². The average molecular weight is 284 g/mol. The van der Waals surface area contributed by atoms with Gasteiger partial charge in [-0.15, -0.1) is 0 Å². The molecule has 0 aromatic carbocycles. The van der Waals surface area contributed by atoms with E-state index in [1.807, 2.05) is 13.8 Å². The lowest BCUT2D eigenvalue weighted by Crippen LogP contribution is -2.53. The number of carbonyl (C=O) groups excluding carboxylic acids is 1. The van der Waals surface area contributed by atoms with Crippen molar-refractivity contribution in [3.05, 3.63) is 0 Å². The topological polar surface area (TPSA) is 78.9 Å². The van der Waals surface area contributed by atoms with Crippen molar-refractivity contribution in [2.75, 3.05) is 13.1 Å². The number of carbonyl (C=O) groups is 2. The molecule has 2 fully saturated rings. The van der Waals surface area contributed by atoms with Crippen LogP contribution in [0.15, 0.2) is 0 Å². The number of nitrogens with one attached hydrogen (secondary N) is 1. The number of urea groups is 1. The summed E-state index contributed by atoms with van der Waals surface area (Å²) in [4.78, 5) is 24.6. The van der Waals surface area contributed by atoms with Gasteiger partial charge in [0.1, 0.15) is 0 Å². The number of nitrogens with zero attached hydrogens (tertiary/aromatic N) is 1. The van der Waals surface area contributed by atoms with Crippen LogP contribution in [-0.4, -0.2) is 53.3 Å². The summed E-state index contributed by atoms with van der Waals surface area (Å²) in [6.45, 7) is 5.08. The predicted molar refractivity (Wildman–Crippen MR) is 73.5 cm³/mol. The van der Waals surface area contributed by atoms with E-state index in [0.717, 1.165) is 12.8 Å². The van der Waals surface area contributed by atoms with Crippen LogP contribution >= 0.6 is 0 Å². The largest absolute Gasteiger partial charge is 0.481 e. The first-order valence-corrected chi connectivity index (χ1v) is 7.39. The molecule has 6 nitrogen and oxygen atoms in total. The molecule has 2 amide bonds. The molecule has 114 valence electrons. The second-order valence-corrected chi connectivity index (χ2v) is 6.02. The van der Waals surface area contributed by atoms with Gasteiger partial charge in [0.25, 0.3) is 0 Å². The summed E-state index contributed by atoms with van der Waals surface area (Å²) in [5.74, 6) is -1.05. The first-order valence-electron chi connectivity index (χ1n) is 7.39. The zero-order valence-electron chi connectivity index (χ0n) is 12.2. The number of carboxylic acid groups (broad SMARTS) is 1. The minimum Gasteiger partial charge on any atom is -0.481 e. The molecule has 0 spiro atoms. The van der Waals surface area contributed by atoms with Crippen LogP contribution < -0.4 is 5.32 Å². The number of hydrogen-bond donors (Lipinski definition) is 2. The summed E-state index contributed by atoms with van der Waals surface area (Å²) in [5.41, 5.74) is 0. The highest BCUT2D eigenvalue weighted by Gasteiger charge is 2.34. The van der Waals surface area contributed by atoms with E-state index in [1.165, 1.54) is 0 Å². The minimum atomic E-state index is -0.752. The molecule has 0 atom stereocenters. The normalized spacial score (nSPS) is 27.2. The third kappa shape index (κ3) is 3.85. The molecule has 20 heavy (non-hydrogen) atoms. The summed E-state index contributed by atoms with van der Waals surface area (Å²) < 4.78 is 5.65. The first-order chi connectivity index (χ1) is 9.45. The van der Waals surface area contributed by atoms with Crippen molar-refractivity contribution < 1.29 is 19.4 Å². The first kappa shape index (κ1) is 15.1. The molecule has 1 heterocycles. The smallest absolute Gasteiger partial charge is 0.317 e. The molecule has 1 aliphatic carbocycles. The zero-order valence-corrected chi connectivity index (χ0v) is 12.2. The number of likely N-dealkylation sites (tertiary alicyclic amines) is 1. The highest BCUT2D eigenvalue weighted by atomic mass is 16.5. The summed E-state index contributed by atoms with van der Waals surface area (Å²) in [6.07, 6.45) is 3.33. The Labute approximate surface area is 119 Å². The van der Waals surface area contributed by atoms with Gasteiger partial charge in [-0.2, -0.15) is 0 Å². The molecule has 0 bridgehead atoms. The van der Waals surface area contributed by atoms with E-state index < -0.39 is 5.97 Å². The van der Waals surface area contributed by atoms with E-state index in [9.17, 15) is 9.59 Å². The molecule has 1 saturated heterocycles. The van der Waals surface area contributed by atoms with E-state index in [1.54, 1.807) is 4.90 Å². The third-order valence-corrected chi connectivity index (χ3v) is 4.02. The fourth-order valence-corrected chi connectivity index (χ4v) is 2.77. The third-order valence-electron chi connectivity index (χ3n) is 4.02. The van der Waals surface area contributed by atoms with Crippen LogP contribution in [0.3, 0.4) is 0 Å². The highest BCUT2D eigenvalue weighted by Crippen LogP contribution is 2.25. The van der Waals surface area contributed by atoms with Gasteiger partial charge in [0.2, 0.25) is 0 Å². The number of aliphatic carboxylic acids is 1. The van der Waals surface area contributed by atoms with Gasteiger partial charge < -0.3 is 20.1 Å². The molecule has 2 aliphatic rings. The van der Waals surface area contributed by atoms with Gasteiger partial charge in [-0.25, -0.2) is 4.79 Å². The lowest BCUT2D eigenvalue weighted by Gasteiger charge is -2.38. The molecule has 0 aromatic heterocycles. The van der Waals surface area contributed by atoms with Crippen molar-refractivity contribution in [2.45, 2.75) is 57.8 Å². The lowest BCUT2D eigenvalue weighted by molar-refractivity contribution is -0.143. The molecular formula is C14H24N2O4. The van der Waals surface area contributed by atoms with Crippen LogP contribution in [0.5, 0.6) is 0 Å². The van der Waals surface area contributed by atoms with Gasteiger partial charge in [-0.3, -0.25) is 4.79 Å². The van der Waals surface area contributed by atoms with Crippen molar-refractivity contribution in [3.8, 4) is 0 Å². The summed E-state index contributed by atoms with van der Waals surface area (Å²) in [5, 5.41) is 11.9. The average Bonchev–Trinajstić information content (AvgIpc) is 2.35. The van der Waals surface area contributed by atoms with Gasteiger partial charge in [0, 0.05) is 19.1 Å². The second kappa shape index (κ2) is 6.43. The monoisotopic (exact) mass is 284 g/mol. The number of ether oxygens (including phenoxy) is 1. The number of rotatable bonds is 4. The van der Waals surface area contributed by atoms with E-state index in [0.29, 0.717) is 25.9 Å². The maximum Gasteiger partial charge on any atom is 0.317 e. The number of piperidine rings is 1. The van der Waals surface area contributed by atoms with E-state index in [-0.39, 0.29) is 30.2 Å². The van der Waals surface area contributed by atoms with Crippen LogP contribution in [0.25, 0.3) is 0 Å². The summed E-state index contributed by atoms with van der Waals surface area (Å²) in [7, 11) is 0. The fraction of sp³-hybridized carbons (Fsp3) is 0.857. The highest BCUT2D eigenvalue weighted by molar-refractivity contribution is 5.75. The standard InChI is InChI=1S/C14H24N2O4/c1-9(2)20-12-7-11(8-12)15-14(19)16-5-3-10(4-6-16)13(17)18/h9-12H,3-8H2,1-2H3,(H,15,19)(H,17,18). The maximum absolute atomic E-state index is 12.0. The van der Waals surface area contributed by atoms with Crippen LogP contribution in [0.4, 0.5) is 4.79 Å². The second-order valence-electron chi connectivity index (χ2n) is 6.02. The Hall–Kier alpha value is -1.30. The van der Waals surface area contributed by atoms with Gasteiger partial charge >= 0.3 is 12.0 Å². The fourth-order valence-electron chi connectivity index (χ4n) is 2.77. The molecule has 6 heteroatoms. The summed E-state index contributed by atoms with van der Waals surface area (Å²) in [6, 6.07) is 0.130. The van der Waals surface area contributed by atoms with Crippen molar-refractivity contribution in [3.63, 3.8) is 0 Å². The van der Waals surface area contributed by atoms with E-state index in [2.05, 4.69) is 5.32 Å². The Morgan fingerprint density at radius 2 is 1.85 bits per heavy atom. The Morgan fingerprint density at radius 3 is 2.35 bits per heavy atom. The minimum absolute atomic E-state index is 0.0677. The SMILES string of the molecule is CC(C)OC1CC(NC(=O)N2CCC(C(=O)O)CC2)C1. The molecule has 1 aliphatic heterocycles. The Morgan fingerprint density at radius 1 is 1.25 bits per heavy atom. The Balaban J connectivity index is 1.66. The molecule has 1 saturated carbocycles. The molecule has 2 N–H and O–H groups in total. The maximum atomic E-state index is 12.0. The van der Waals surface area contributed by atoms with Gasteiger partial charge in [0.05, 0.1) is 18.1 Å². The summed E-state index contributed by atoms with van der Waals surface area (Å²) >= 11 is 0. The van der Waals surface area contributed by atoms with Crippen molar-refractivity contribution in [2.24, 2.45) is 5.92 Å². The zero-order chi connectivity index (χ0) is 14.7. The lowest BCUT2D eigenvalue weighted by atomic mass is 9.89.